The van der Waals surface area contributed by atoms with Gasteiger partial charge in [0.1, 0.15) is 11.5 Å². The van der Waals surface area contributed by atoms with Crippen molar-refractivity contribution < 1.29 is 13.9 Å². The average Bonchev–Trinajstić information content (AvgIpc) is 2.91. The fraction of sp³-hybridized carbons (Fsp3) is 0.214. The van der Waals surface area contributed by atoms with Gasteiger partial charge in [0.05, 0.1) is 18.9 Å². The second-order valence-corrected chi connectivity index (χ2v) is 4.04. The van der Waals surface area contributed by atoms with E-state index in [9.17, 15) is 4.79 Å². The fourth-order valence-corrected chi connectivity index (χ4v) is 1.75. The summed E-state index contributed by atoms with van der Waals surface area (Å²) < 4.78 is 10.3. The Kier molecular flexibility index (Phi) is 4.07. The SMILES string of the molecule is COc1ccc(N)cc1C(=O)NCCc1ccco1. The van der Waals surface area contributed by atoms with Crippen LogP contribution in [0.2, 0.25) is 0 Å². The first-order valence-electron chi connectivity index (χ1n) is 5.95. The van der Waals surface area contributed by atoms with E-state index in [2.05, 4.69) is 5.32 Å². The monoisotopic (exact) mass is 260 g/mol. The van der Waals surface area contributed by atoms with Crippen LogP contribution in [-0.2, 0) is 6.42 Å². The van der Waals surface area contributed by atoms with Gasteiger partial charge in [-0.25, -0.2) is 0 Å². The summed E-state index contributed by atoms with van der Waals surface area (Å²) in [7, 11) is 1.52. The van der Waals surface area contributed by atoms with E-state index >= 15 is 0 Å². The molecule has 1 heterocycles. The Morgan fingerprint density at radius 3 is 2.95 bits per heavy atom. The molecule has 0 bridgehead atoms. The van der Waals surface area contributed by atoms with Gasteiger partial charge in [-0.05, 0) is 30.3 Å². The summed E-state index contributed by atoms with van der Waals surface area (Å²) in [4.78, 5) is 12.0. The minimum absolute atomic E-state index is 0.212. The van der Waals surface area contributed by atoms with Crippen molar-refractivity contribution in [3.63, 3.8) is 0 Å². The van der Waals surface area contributed by atoms with Gasteiger partial charge in [0.2, 0.25) is 0 Å². The van der Waals surface area contributed by atoms with Crippen LogP contribution in [0.25, 0.3) is 0 Å². The number of rotatable bonds is 5. The Balaban J connectivity index is 1.97. The quantitative estimate of drug-likeness (QED) is 0.804. The van der Waals surface area contributed by atoms with Crippen LogP contribution in [-0.4, -0.2) is 19.6 Å². The Hall–Kier alpha value is -2.43. The molecule has 0 saturated carbocycles. The molecule has 1 aromatic heterocycles. The van der Waals surface area contributed by atoms with E-state index in [4.69, 9.17) is 14.9 Å². The molecule has 0 atom stereocenters. The minimum Gasteiger partial charge on any atom is -0.496 e. The largest absolute Gasteiger partial charge is 0.496 e. The number of amides is 1. The number of furan rings is 1. The molecule has 19 heavy (non-hydrogen) atoms. The average molecular weight is 260 g/mol. The number of nitrogens with one attached hydrogen (secondary N) is 1. The first kappa shape index (κ1) is 13.0. The molecular formula is C14H16N2O3. The molecule has 2 rings (SSSR count). The minimum atomic E-state index is -0.212. The maximum atomic E-state index is 12.0. The topological polar surface area (TPSA) is 77.5 Å². The van der Waals surface area contributed by atoms with Crippen LogP contribution in [0.4, 0.5) is 5.69 Å². The Labute approximate surface area is 111 Å². The highest BCUT2D eigenvalue weighted by molar-refractivity contribution is 5.97. The number of hydrogen-bond acceptors (Lipinski definition) is 4. The molecule has 0 aliphatic heterocycles. The molecule has 1 aromatic carbocycles. The van der Waals surface area contributed by atoms with Crippen molar-refractivity contribution in [1.82, 2.24) is 5.32 Å². The van der Waals surface area contributed by atoms with Gasteiger partial charge in [0, 0.05) is 18.7 Å². The lowest BCUT2D eigenvalue weighted by atomic mass is 10.1. The van der Waals surface area contributed by atoms with Crippen molar-refractivity contribution in [1.29, 1.82) is 0 Å². The standard InChI is InChI=1S/C14H16N2O3/c1-18-13-5-4-10(15)9-12(13)14(17)16-7-6-11-3-2-8-19-11/h2-5,8-9H,6-7,15H2,1H3,(H,16,17). The highest BCUT2D eigenvalue weighted by Gasteiger charge is 2.12. The summed E-state index contributed by atoms with van der Waals surface area (Å²) >= 11 is 0. The number of ether oxygens (including phenoxy) is 1. The lowest BCUT2D eigenvalue weighted by molar-refractivity contribution is 0.0950. The number of carbonyl (C=O) groups excluding carboxylic acids is 1. The molecule has 1 amide bonds. The van der Waals surface area contributed by atoms with Crippen LogP contribution in [0, 0.1) is 0 Å². The van der Waals surface area contributed by atoms with Gasteiger partial charge in [0.25, 0.3) is 5.91 Å². The molecule has 0 unspecified atom stereocenters. The first-order valence-corrected chi connectivity index (χ1v) is 5.95. The zero-order valence-electron chi connectivity index (χ0n) is 10.7. The predicted molar refractivity (Wildman–Crippen MR) is 72.2 cm³/mol. The van der Waals surface area contributed by atoms with E-state index in [0.717, 1.165) is 5.76 Å². The first-order chi connectivity index (χ1) is 9.20. The van der Waals surface area contributed by atoms with Crippen molar-refractivity contribution in [2.75, 3.05) is 19.4 Å². The summed E-state index contributed by atoms with van der Waals surface area (Å²) in [6, 6.07) is 8.65. The van der Waals surface area contributed by atoms with Crippen molar-refractivity contribution in [3.8, 4) is 5.75 Å². The number of methoxy groups -OCH3 is 1. The fourth-order valence-electron chi connectivity index (χ4n) is 1.75. The van der Waals surface area contributed by atoms with Crippen LogP contribution in [0.1, 0.15) is 16.1 Å². The number of nitrogen functional groups attached to an aromatic ring is 1. The summed E-state index contributed by atoms with van der Waals surface area (Å²) in [5.41, 5.74) is 6.63. The molecule has 0 aliphatic carbocycles. The van der Waals surface area contributed by atoms with Crippen LogP contribution in [0.5, 0.6) is 5.75 Å². The second-order valence-electron chi connectivity index (χ2n) is 4.04. The summed E-state index contributed by atoms with van der Waals surface area (Å²) in [6.07, 6.45) is 2.25. The third kappa shape index (κ3) is 3.28. The normalized spacial score (nSPS) is 10.2. The van der Waals surface area contributed by atoms with Gasteiger partial charge in [-0.15, -0.1) is 0 Å². The highest BCUT2D eigenvalue weighted by atomic mass is 16.5. The van der Waals surface area contributed by atoms with Crippen LogP contribution in [0.3, 0.4) is 0 Å². The molecule has 0 saturated heterocycles. The van der Waals surface area contributed by atoms with Crippen molar-refractivity contribution in [2.45, 2.75) is 6.42 Å². The molecule has 100 valence electrons. The Bertz CT molecular complexity index is 550. The van der Waals surface area contributed by atoms with Gasteiger partial charge in [-0.2, -0.15) is 0 Å². The third-order valence-electron chi connectivity index (χ3n) is 2.71. The molecular weight excluding hydrogens is 244 g/mol. The number of hydrogen-bond donors (Lipinski definition) is 2. The smallest absolute Gasteiger partial charge is 0.255 e. The molecule has 0 fully saturated rings. The van der Waals surface area contributed by atoms with Crippen molar-refractivity contribution in [2.24, 2.45) is 0 Å². The molecule has 0 radical (unpaired) electrons. The second kappa shape index (κ2) is 5.95. The number of nitrogens with two attached hydrogens (primary N) is 1. The Morgan fingerprint density at radius 1 is 1.42 bits per heavy atom. The molecule has 2 aromatic rings. The molecule has 5 heteroatoms. The Morgan fingerprint density at radius 2 is 2.26 bits per heavy atom. The van der Waals surface area contributed by atoms with Crippen molar-refractivity contribution in [3.05, 3.63) is 47.9 Å². The summed E-state index contributed by atoms with van der Waals surface area (Å²) in [6.45, 7) is 0.490. The predicted octanol–water partition coefficient (Wildman–Crippen LogP) is 1.84. The van der Waals surface area contributed by atoms with E-state index in [-0.39, 0.29) is 5.91 Å². The van der Waals surface area contributed by atoms with Crippen LogP contribution < -0.4 is 15.8 Å². The van der Waals surface area contributed by atoms with E-state index in [1.807, 2.05) is 12.1 Å². The number of carbonyl (C=O) groups is 1. The third-order valence-corrected chi connectivity index (χ3v) is 2.71. The van der Waals surface area contributed by atoms with Crippen LogP contribution in [0.15, 0.2) is 41.0 Å². The van der Waals surface area contributed by atoms with E-state index in [0.29, 0.717) is 30.0 Å². The zero-order valence-corrected chi connectivity index (χ0v) is 10.7. The van der Waals surface area contributed by atoms with Gasteiger partial charge in [-0.3, -0.25) is 4.79 Å². The highest BCUT2D eigenvalue weighted by Crippen LogP contribution is 2.20. The van der Waals surface area contributed by atoms with E-state index < -0.39 is 0 Å². The van der Waals surface area contributed by atoms with E-state index in [1.54, 1.807) is 24.5 Å². The number of benzene rings is 1. The maximum absolute atomic E-state index is 12.0. The lowest BCUT2D eigenvalue weighted by Crippen LogP contribution is -2.26. The summed E-state index contributed by atoms with van der Waals surface area (Å²) in [5.74, 6) is 1.13. The van der Waals surface area contributed by atoms with Crippen LogP contribution >= 0.6 is 0 Å². The zero-order chi connectivity index (χ0) is 13.7. The van der Waals surface area contributed by atoms with Gasteiger partial charge < -0.3 is 20.2 Å². The molecule has 3 N–H and O–H groups in total. The molecule has 0 spiro atoms. The van der Waals surface area contributed by atoms with Gasteiger partial charge in [0.15, 0.2) is 0 Å². The molecule has 5 nitrogen and oxygen atoms in total. The van der Waals surface area contributed by atoms with E-state index in [1.165, 1.54) is 7.11 Å². The van der Waals surface area contributed by atoms with Crippen molar-refractivity contribution >= 4 is 11.6 Å². The molecule has 0 aliphatic rings. The number of anilines is 1. The van der Waals surface area contributed by atoms with Gasteiger partial charge >= 0.3 is 0 Å². The summed E-state index contributed by atoms with van der Waals surface area (Å²) in [5, 5.41) is 2.80. The van der Waals surface area contributed by atoms with Gasteiger partial charge in [-0.1, -0.05) is 0 Å². The lowest BCUT2D eigenvalue weighted by Gasteiger charge is -2.09. The maximum Gasteiger partial charge on any atom is 0.255 e.